The molecule has 13 heavy (non-hydrogen) atoms. The van der Waals surface area contributed by atoms with E-state index in [2.05, 4.69) is 15.9 Å². The van der Waals surface area contributed by atoms with Gasteiger partial charge in [0.2, 0.25) is 0 Å². The maximum atomic E-state index is 12.9. The van der Waals surface area contributed by atoms with Gasteiger partial charge < -0.3 is 5.73 Å². The molecular weight excluding hydrogens is 237 g/mol. The molecule has 4 heteroatoms. The number of hydrogen-bond acceptors (Lipinski definition) is 2. The number of nitrogen functional groups attached to an aromatic ring is 1. The molecule has 0 heterocycles. The molecule has 1 aromatic carbocycles. The van der Waals surface area contributed by atoms with Crippen LogP contribution in [0.2, 0.25) is 0 Å². The number of Topliss-reactive ketones (excluding diaryl/α,β-unsaturated/α-hetero) is 1. The Hall–Kier alpha value is -0.900. The molecule has 0 unspecified atom stereocenters. The fourth-order valence-corrected chi connectivity index (χ4v) is 1.36. The molecule has 1 aromatic rings. The number of ketones is 1. The van der Waals surface area contributed by atoms with Gasteiger partial charge in [-0.1, -0.05) is 15.9 Å². The summed E-state index contributed by atoms with van der Waals surface area (Å²) in [6.07, 6.45) is 0. The summed E-state index contributed by atoms with van der Waals surface area (Å²) in [6.45, 7) is 1.67. The minimum Gasteiger partial charge on any atom is -0.398 e. The van der Waals surface area contributed by atoms with Crippen LogP contribution in [0.4, 0.5) is 10.1 Å². The van der Waals surface area contributed by atoms with Crippen molar-refractivity contribution in [3.8, 4) is 0 Å². The lowest BCUT2D eigenvalue weighted by molar-refractivity contribution is 0.102. The number of hydrogen-bond donors (Lipinski definition) is 1. The Balaban J connectivity index is 3.28. The number of carbonyl (C=O) groups is 1. The lowest BCUT2D eigenvalue weighted by Gasteiger charge is -2.05. The van der Waals surface area contributed by atoms with Crippen LogP contribution in [-0.4, -0.2) is 11.1 Å². The normalized spacial score (nSPS) is 10.1. The molecule has 0 aliphatic rings. The first kappa shape index (κ1) is 10.2. The molecule has 0 saturated carbocycles. The number of nitrogens with two attached hydrogens (primary N) is 1. The molecule has 0 spiro atoms. The highest BCUT2D eigenvalue weighted by Crippen LogP contribution is 2.19. The van der Waals surface area contributed by atoms with Crippen molar-refractivity contribution in [2.24, 2.45) is 0 Å². The Morgan fingerprint density at radius 1 is 1.62 bits per heavy atom. The Labute approximate surface area is 84.1 Å². The predicted molar refractivity (Wildman–Crippen MR) is 53.7 cm³/mol. The molecule has 0 atom stereocenters. The number of anilines is 1. The van der Waals surface area contributed by atoms with E-state index in [0.717, 1.165) is 6.07 Å². The van der Waals surface area contributed by atoms with Gasteiger partial charge in [0.1, 0.15) is 5.82 Å². The maximum Gasteiger partial charge on any atom is 0.175 e. The molecule has 0 aromatic heterocycles. The number of halogens is 2. The lowest BCUT2D eigenvalue weighted by atomic mass is 10.1. The van der Waals surface area contributed by atoms with Gasteiger partial charge >= 0.3 is 0 Å². The smallest absolute Gasteiger partial charge is 0.175 e. The molecule has 0 fully saturated rings. The topological polar surface area (TPSA) is 43.1 Å². The van der Waals surface area contributed by atoms with Crippen molar-refractivity contribution in [3.63, 3.8) is 0 Å². The summed E-state index contributed by atoms with van der Waals surface area (Å²) >= 11 is 3.01. The van der Waals surface area contributed by atoms with Gasteiger partial charge in [-0.15, -0.1) is 0 Å². The van der Waals surface area contributed by atoms with Crippen molar-refractivity contribution < 1.29 is 9.18 Å². The molecule has 0 bridgehead atoms. The first-order valence-electron chi connectivity index (χ1n) is 3.71. The molecule has 0 aliphatic heterocycles. The molecule has 0 aliphatic carbocycles. The highest BCUT2D eigenvalue weighted by molar-refractivity contribution is 9.09. The van der Waals surface area contributed by atoms with E-state index in [1.54, 1.807) is 6.92 Å². The summed E-state index contributed by atoms with van der Waals surface area (Å²) in [7, 11) is 0. The van der Waals surface area contributed by atoms with Crippen LogP contribution < -0.4 is 5.73 Å². The largest absolute Gasteiger partial charge is 0.398 e. The average molecular weight is 246 g/mol. The van der Waals surface area contributed by atoms with Crippen molar-refractivity contribution in [2.45, 2.75) is 6.92 Å². The van der Waals surface area contributed by atoms with Gasteiger partial charge in [0.05, 0.1) is 5.33 Å². The monoisotopic (exact) mass is 245 g/mol. The van der Waals surface area contributed by atoms with E-state index in [1.807, 2.05) is 0 Å². The number of aryl methyl sites for hydroxylation is 1. The van der Waals surface area contributed by atoms with E-state index < -0.39 is 5.82 Å². The number of rotatable bonds is 2. The highest BCUT2D eigenvalue weighted by Gasteiger charge is 2.11. The fourth-order valence-electron chi connectivity index (χ4n) is 1.06. The molecule has 0 amide bonds. The molecule has 0 saturated heterocycles. The van der Waals surface area contributed by atoms with Crippen LogP contribution in [-0.2, 0) is 0 Å². The van der Waals surface area contributed by atoms with Gasteiger partial charge in [-0.05, 0) is 24.6 Å². The Morgan fingerprint density at radius 2 is 2.23 bits per heavy atom. The third-order valence-corrected chi connectivity index (χ3v) is 2.28. The quantitative estimate of drug-likeness (QED) is 0.494. The van der Waals surface area contributed by atoms with Gasteiger partial charge in [0, 0.05) is 11.3 Å². The summed E-state index contributed by atoms with van der Waals surface area (Å²) in [5, 5.41) is 0.153. The zero-order valence-electron chi connectivity index (χ0n) is 7.10. The van der Waals surface area contributed by atoms with Crippen LogP contribution in [0.15, 0.2) is 12.1 Å². The van der Waals surface area contributed by atoms with Crippen molar-refractivity contribution in [1.82, 2.24) is 0 Å². The Morgan fingerprint density at radius 3 is 2.77 bits per heavy atom. The van der Waals surface area contributed by atoms with Crippen LogP contribution >= 0.6 is 15.9 Å². The van der Waals surface area contributed by atoms with Gasteiger partial charge in [0.15, 0.2) is 5.78 Å². The third kappa shape index (κ3) is 2.06. The van der Waals surface area contributed by atoms with Gasteiger partial charge in [-0.3, -0.25) is 4.79 Å². The highest BCUT2D eigenvalue weighted by atomic mass is 79.9. The molecule has 1 rings (SSSR count). The molecule has 2 N–H and O–H groups in total. The zero-order valence-corrected chi connectivity index (χ0v) is 8.69. The van der Waals surface area contributed by atoms with Gasteiger partial charge in [-0.2, -0.15) is 0 Å². The first-order valence-corrected chi connectivity index (χ1v) is 4.83. The van der Waals surface area contributed by atoms with Crippen LogP contribution in [0.25, 0.3) is 0 Å². The van der Waals surface area contributed by atoms with Gasteiger partial charge in [-0.25, -0.2) is 4.39 Å². The van der Waals surface area contributed by atoms with Crippen LogP contribution in [0.5, 0.6) is 0 Å². The van der Waals surface area contributed by atoms with Crippen molar-refractivity contribution in [2.75, 3.05) is 11.1 Å². The summed E-state index contributed by atoms with van der Waals surface area (Å²) < 4.78 is 12.9. The lowest BCUT2D eigenvalue weighted by Crippen LogP contribution is -2.06. The Bertz CT molecular complexity index is 352. The summed E-state index contributed by atoms with van der Waals surface area (Å²) in [4.78, 5) is 11.2. The summed E-state index contributed by atoms with van der Waals surface area (Å²) in [5.74, 6) is -0.642. The Kier molecular flexibility index (Phi) is 3.03. The molecule has 2 nitrogen and oxygen atoms in total. The first-order chi connectivity index (χ1) is 6.06. The number of carbonyl (C=O) groups excluding carboxylic acids is 1. The van der Waals surface area contributed by atoms with Crippen LogP contribution in [0.1, 0.15) is 15.9 Å². The van der Waals surface area contributed by atoms with E-state index in [4.69, 9.17) is 5.73 Å². The minimum atomic E-state index is -0.434. The van der Waals surface area contributed by atoms with E-state index in [0.29, 0.717) is 11.3 Å². The second-order valence-corrected chi connectivity index (χ2v) is 3.30. The van der Waals surface area contributed by atoms with E-state index >= 15 is 0 Å². The summed E-state index contributed by atoms with van der Waals surface area (Å²) in [5.41, 5.74) is 6.80. The second kappa shape index (κ2) is 3.87. The second-order valence-electron chi connectivity index (χ2n) is 2.74. The van der Waals surface area contributed by atoms with Crippen LogP contribution in [0.3, 0.4) is 0 Å². The molecular formula is C9H9BrFNO. The van der Waals surface area contributed by atoms with E-state index in [-0.39, 0.29) is 16.7 Å². The molecule has 70 valence electrons. The molecule has 0 radical (unpaired) electrons. The fraction of sp³-hybridized carbons (Fsp3) is 0.222. The average Bonchev–Trinajstić information content (AvgIpc) is 2.10. The predicted octanol–water partition coefficient (Wildman–Crippen LogP) is 2.29. The maximum absolute atomic E-state index is 12.9. The summed E-state index contributed by atoms with van der Waals surface area (Å²) in [6, 6.07) is 2.46. The minimum absolute atomic E-state index is 0.153. The standard InChI is InChI=1S/C9H9BrFNO/c1-5-2-6(11)3-7(9(5)12)8(13)4-10/h2-3H,4,12H2,1H3. The van der Waals surface area contributed by atoms with Crippen molar-refractivity contribution in [1.29, 1.82) is 0 Å². The van der Waals surface area contributed by atoms with Crippen molar-refractivity contribution >= 4 is 27.4 Å². The third-order valence-electron chi connectivity index (χ3n) is 1.77. The zero-order chi connectivity index (χ0) is 10.0. The van der Waals surface area contributed by atoms with E-state index in [1.165, 1.54) is 6.07 Å². The number of alkyl halides is 1. The van der Waals surface area contributed by atoms with E-state index in [9.17, 15) is 9.18 Å². The van der Waals surface area contributed by atoms with Crippen molar-refractivity contribution in [3.05, 3.63) is 29.1 Å². The SMILES string of the molecule is Cc1cc(F)cc(C(=O)CBr)c1N. The van der Waals surface area contributed by atoms with Gasteiger partial charge in [0.25, 0.3) is 0 Å². The number of benzene rings is 1. The van der Waals surface area contributed by atoms with Crippen LogP contribution in [0, 0.1) is 12.7 Å².